The molecule has 0 aromatic heterocycles. The van der Waals surface area contributed by atoms with Crippen molar-refractivity contribution in [3.05, 3.63) is 0 Å². The first-order chi connectivity index (χ1) is 8.04. The summed E-state index contributed by atoms with van der Waals surface area (Å²) in [5, 5.41) is 0. The van der Waals surface area contributed by atoms with Crippen LogP contribution in [0.25, 0.3) is 0 Å². The van der Waals surface area contributed by atoms with Crippen LogP contribution in [0, 0.1) is 5.41 Å². The molecule has 0 atom stereocenters. The maximum atomic E-state index is 5.81. The minimum absolute atomic E-state index is 0.382. The zero-order chi connectivity index (χ0) is 12.1. The van der Waals surface area contributed by atoms with E-state index in [-0.39, 0.29) is 0 Å². The second-order valence-corrected chi connectivity index (χ2v) is 6.90. The molecule has 3 heteroatoms. The smallest absolute Gasteiger partial charge is 0.0538 e. The van der Waals surface area contributed by atoms with Crippen molar-refractivity contribution in [2.45, 2.75) is 44.8 Å². The molecule has 0 bridgehead atoms. The van der Waals surface area contributed by atoms with Crippen LogP contribution in [-0.2, 0) is 4.74 Å². The van der Waals surface area contributed by atoms with E-state index < -0.39 is 0 Å². The van der Waals surface area contributed by atoms with Gasteiger partial charge in [0.1, 0.15) is 0 Å². The molecule has 2 saturated heterocycles. The lowest BCUT2D eigenvalue weighted by Crippen LogP contribution is -2.76. The Morgan fingerprint density at radius 3 is 2.29 bits per heavy atom. The molecule has 2 aliphatic heterocycles. The molecule has 3 rings (SSSR count). The minimum Gasteiger partial charge on any atom is -0.378 e. The zero-order valence-electron chi connectivity index (χ0n) is 11.5. The predicted molar refractivity (Wildman–Crippen MR) is 69.2 cm³/mol. The minimum atomic E-state index is 0.382. The van der Waals surface area contributed by atoms with Crippen molar-refractivity contribution in [2.75, 3.05) is 39.8 Å². The Balaban J connectivity index is 1.43. The van der Waals surface area contributed by atoms with E-state index in [1.165, 1.54) is 45.4 Å². The summed E-state index contributed by atoms with van der Waals surface area (Å²) < 4.78 is 5.81. The SMILES string of the molecule is CC(C)OCC1(CN2CC3(CCN3C)C2)CC1. The number of likely N-dealkylation sites (N-methyl/N-ethyl adjacent to an activating group) is 1. The predicted octanol–water partition coefficient (Wildman–Crippen LogP) is 1.58. The quantitative estimate of drug-likeness (QED) is 0.723. The third kappa shape index (κ3) is 2.13. The molecular weight excluding hydrogens is 212 g/mol. The van der Waals surface area contributed by atoms with Crippen LogP contribution >= 0.6 is 0 Å². The first-order valence-electron chi connectivity index (χ1n) is 7.09. The average Bonchev–Trinajstić information content (AvgIpc) is 2.98. The van der Waals surface area contributed by atoms with E-state index in [1.807, 2.05) is 0 Å². The monoisotopic (exact) mass is 238 g/mol. The molecule has 0 aromatic rings. The van der Waals surface area contributed by atoms with Crippen molar-refractivity contribution in [1.82, 2.24) is 9.80 Å². The molecular formula is C14H26N2O. The fourth-order valence-electron chi connectivity index (χ4n) is 3.29. The summed E-state index contributed by atoms with van der Waals surface area (Å²) in [5.74, 6) is 0. The molecule has 3 nitrogen and oxygen atoms in total. The molecule has 3 aliphatic rings. The summed E-state index contributed by atoms with van der Waals surface area (Å²) >= 11 is 0. The zero-order valence-corrected chi connectivity index (χ0v) is 11.5. The third-order valence-corrected chi connectivity index (χ3v) is 5.00. The Kier molecular flexibility index (Phi) is 2.77. The van der Waals surface area contributed by atoms with Crippen LogP contribution in [0.4, 0.5) is 0 Å². The van der Waals surface area contributed by atoms with E-state index in [0.29, 0.717) is 17.1 Å². The first kappa shape index (κ1) is 11.9. The fourth-order valence-corrected chi connectivity index (χ4v) is 3.29. The molecule has 17 heavy (non-hydrogen) atoms. The molecule has 2 heterocycles. The Bertz CT molecular complexity index is 293. The Morgan fingerprint density at radius 2 is 1.88 bits per heavy atom. The Hall–Kier alpha value is -0.120. The van der Waals surface area contributed by atoms with Crippen LogP contribution < -0.4 is 0 Å². The van der Waals surface area contributed by atoms with Crippen molar-refractivity contribution in [1.29, 1.82) is 0 Å². The highest BCUT2D eigenvalue weighted by atomic mass is 16.5. The number of ether oxygens (including phenoxy) is 1. The van der Waals surface area contributed by atoms with Crippen molar-refractivity contribution in [2.24, 2.45) is 5.41 Å². The van der Waals surface area contributed by atoms with E-state index >= 15 is 0 Å². The molecule has 1 spiro atoms. The van der Waals surface area contributed by atoms with Gasteiger partial charge in [0.05, 0.1) is 12.7 Å². The Morgan fingerprint density at radius 1 is 1.18 bits per heavy atom. The van der Waals surface area contributed by atoms with Gasteiger partial charge < -0.3 is 4.74 Å². The van der Waals surface area contributed by atoms with Gasteiger partial charge >= 0.3 is 0 Å². The topological polar surface area (TPSA) is 15.7 Å². The van der Waals surface area contributed by atoms with Crippen LogP contribution in [0.15, 0.2) is 0 Å². The number of hydrogen-bond acceptors (Lipinski definition) is 3. The number of rotatable bonds is 5. The molecule has 0 N–H and O–H groups in total. The van der Waals surface area contributed by atoms with Gasteiger partial charge in [0.2, 0.25) is 0 Å². The number of likely N-dealkylation sites (tertiary alicyclic amines) is 2. The van der Waals surface area contributed by atoms with E-state index in [4.69, 9.17) is 4.74 Å². The van der Waals surface area contributed by atoms with Crippen molar-refractivity contribution in [3.63, 3.8) is 0 Å². The highest BCUT2D eigenvalue weighted by molar-refractivity contribution is 5.11. The van der Waals surface area contributed by atoms with E-state index in [2.05, 4.69) is 30.7 Å². The van der Waals surface area contributed by atoms with Gasteiger partial charge in [0.25, 0.3) is 0 Å². The van der Waals surface area contributed by atoms with Gasteiger partial charge in [-0.25, -0.2) is 0 Å². The lowest BCUT2D eigenvalue weighted by molar-refractivity contribution is -0.118. The van der Waals surface area contributed by atoms with Crippen LogP contribution in [0.3, 0.4) is 0 Å². The largest absolute Gasteiger partial charge is 0.378 e. The molecule has 0 aromatic carbocycles. The third-order valence-electron chi connectivity index (χ3n) is 5.00. The van der Waals surface area contributed by atoms with Gasteiger partial charge in [-0.1, -0.05) is 0 Å². The normalized spacial score (nSPS) is 30.4. The Labute approximate surface area is 105 Å². The maximum absolute atomic E-state index is 5.81. The van der Waals surface area contributed by atoms with Crippen molar-refractivity contribution in [3.8, 4) is 0 Å². The lowest BCUT2D eigenvalue weighted by atomic mass is 9.77. The summed E-state index contributed by atoms with van der Waals surface area (Å²) in [5.41, 5.74) is 1.10. The summed E-state index contributed by atoms with van der Waals surface area (Å²) in [6.07, 6.45) is 4.54. The van der Waals surface area contributed by atoms with Crippen LogP contribution in [-0.4, -0.2) is 61.3 Å². The molecule has 0 amide bonds. The summed E-state index contributed by atoms with van der Waals surface area (Å²) in [4.78, 5) is 5.18. The fraction of sp³-hybridized carbons (Fsp3) is 1.00. The summed E-state index contributed by atoms with van der Waals surface area (Å²) in [7, 11) is 2.27. The van der Waals surface area contributed by atoms with E-state index in [1.54, 1.807) is 0 Å². The second-order valence-electron chi connectivity index (χ2n) is 6.90. The number of nitrogens with zero attached hydrogens (tertiary/aromatic N) is 2. The number of hydrogen-bond donors (Lipinski definition) is 0. The van der Waals surface area contributed by atoms with Gasteiger partial charge in [0.15, 0.2) is 0 Å². The van der Waals surface area contributed by atoms with Crippen LogP contribution in [0.1, 0.15) is 33.1 Å². The highest BCUT2D eigenvalue weighted by Crippen LogP contribution is 2.49. The van der Waals surface area contributed by atoms with Gasteiger partial charge in [-0.05, 0) is 40.2 Å². The molecule has 98 valence electrons. The standard InChI is InChI=1S/C14H26N2O/c1-12(2)17-11-13(4-5-13)8-16-9-14(10-16)6-7-15(14)3/h12H,4-11H2,1-3H3. The molecule has 1 aliphatic carbocycles. The molecule has 0 radical (unpaired) electrons. The molecule has 0 unspecified atom stereocenters. The average molecular weight is 238 g/mol. The van der Waals surface area contributed by atoms with Crippen LogP contribution in [0.2, 0.25) is 0 Å². The maximum Gasteiger partial charge on any atom is 0.0538 e. The molecule has 3 fully saturated rings. The van der Waals surface area contributed by atoms with Crippen molar-refractivity contribution >= 4 is 0 Å². The highest BCUT2D eigenvalue weighted by Gasteiger charge is 2.54. The van der Waals surface area contributed by atoms with Gasteiger partial charge in [-0.15, -0.1) is 0 Å². The summed E-state index contributed by atoms with van der Waals surface area (Å²) in [6, 6.07) is 0. The molecule has 1 saturated carbocycles. The van der Waals surface area contributed by atoms with E-state index in [0.717, 1.165) is 6.61 Å². The van der Waals surface area contributed by atoms with E-state index in [9.17, 15) is 0 Å². The van der Waals surface area contributed by atoms with Gasteiger partial charge in [-0.2, -0.15) is 0 Å². The first-order valence-corrected chi connectivity index (χ1v) is 7.09. The van der Waals surface area contributed by atoms with Gasteiger partial charge in [0, 0.05) is 37.1 Å². The lowest BCUT2D eigenvalue weighted by Gasteiger charge is -2.62. The van der Waals surface area contributed by atoms with Crippen molar-refractivity contribution < 1.29 is 4.74 Å². The summed E-state index contributed by atoms with van der Waals surface area (Å²) in [6.45, 7) is 10.4. The van der Waals surface area contributed by atoms with Gasteiger partial charge in [-0.3, -0.25) is 9.80 Å². The van der Waals surface area contributed by atoms with Crippen LogP contribution in [0.5, 0.6) is 0 Å². The second kappa shape index (κ2) is 3.94.